The van der Waals surface area contributed by atoms with Crippen LogP contribution in [0.5, 0.6) is 5.75 Å². The highest BCUT2D eigenvalue weighted by Gasteiger charge is 2.17. The van der Waals surface area contributed by atoms with E-state index < -0.39 is 6.09 Å². The first kappa shape index (κ1) is 26.2. The summed E-state index contributed by atoms with van der Waals surface area (Å²) in [7, 11) is 1.56. The minimum Gasteiger partial charge on any atom is -0.489 e. The van der Waals surface area contributed by atoms with Crippen molar-refractivity contribution in [1.29, 1.82) is 0 Å². The Bertz CT molecular complexity index is 1300. The van der Waals surface area contributed by atoms with Crippen LogP contribution >= 0.6 is 0 Å². The summed E-state index contributed by atoms with van der Waals surface area (Å²) in [5, 5.41) is 14.8. The number of nitrogens with one attached hydrogen (secondary N) is 2. The highest BCUT2D eigenvalue weighted by Crippen LogP contribution is 2.33. The number of carbonyl (C=O) groups is 1. The van der Waals surface area contributed by atoms with Crippen LogP contribution in [0.15, 0.2) is 85.2 Å². The van der Waals surface area contributed by atoms with Crippen molar-refractivity contribution in [3.05, 3.63) is 96.3 Å². The monoisotopic (exact) mass is 514 g/mol. The summed E-state index contributed by atoms with van der Waals surface area (Å²) in [5.74, 6) is 1.36. The van der Waals surface area contributed by atoms with Gasteiger partial charge >= 0.3 is 6.09 Å². The normalized spacial score (nSPS) is 10.6. The van der Waals surface area contributed by atoms with Crippen molar-refractivity contribution in [3.63, 3.8) is 0 Å². The van der Waals surface area contributed by atoms with Gasteiger partial charge in [-0.05, 0) is 29.3 Å². The van der Waals surface area contributed by atoms with E-state index in [2.05, 4.69) is 49.8 Å². The zero-order valence-corrected chi connectivity index (χ0v) is 21.0. The lowest BCUT2D eigenvalue weighted by molar-refractivity contribution is 0.146. The summed E-state index contributed by atoms with van der Waals surface area (Å²) >= 11 is 0. The van der Waals surface area contributed by atoms with Gasteiger partial charge in [-0.15, -0.1) is 0 Å². The number of carboxylic acid groups (broad SMARTS) is 1. The molecule has 0 aliphatic carbocycles. The molecule has 10 nitrogen and oxygen atoms in total. The van der Waals surface area contributed by atoms with Gasteiger partial charge in [0.05, 0.1) is 12.3 Å². The molecule has 1 amide bonds. The molecule has 1 heterocycles. The van der Waals surface area contributed by atoms with Crippen LogP contribution < -0.4 is 26.0 Å². The summed E-state index contributed by atoms with van der Waals surface area (Å²) in [5.41, 5.74) is 10.0. The Balaban J connectivity index is 1.62. The van der Waals surface area contributed by atoms with Crippen LogP contribution in [-0.4, -0.2) is 41.5 Å². The van der Waals surface area contributed by atoms with Crippen LogP contribution in [0.25, 0.3) is 0 Å². The Labute approximate surface area is 221 Å². The van der Waals surface area contributed by atoms with Gasteiger partial charge in [0.25, 0.3) is 0 Å². The molecule has 196 valence electrons. The van der Waals surface area contributed by atoms with Crippen molar-refractivity contribution in [2.24, 2.45) is 0 Å². The third-order valence-electron chi connectivity index (χ3n) is 5.62. The second-order valence-electron chi connectivity index (χ2n) is 8.39. The zero-order chi connectivity index (χ0) is 26.7. The summed E-state index contributed by atoms with van der Waals surface area (Å²) in [4.78, 5) is 22.3. The van der Waals surface area contributed by atoms with E-state index >= 15 is 0 Å². The molecule has 0 radical (unpaired) electrons. The third-order valence-corrected chi connectivity index (χ3v) is 5.62. The van der Waals surface area contributed by atoms with Crippen LogP contribution in [0.3, 0.4) is 0 Å². The number of amides is 1. The Kier molecular flexibility index (Phi) is 8.93. The first-order valence-corrected chi connectivity index (χ1v) is 12.0. The number of benzene rings is 3. The van der Waals surface area contributed by atoms with E-state index in [0.717, 1.165) is 11.1 Å². The summed E-state index contributed by atoms with van der Waals surface area (Å²) < 4.78 is 10.6. The minimum absolute atomic E-state index is 0.276. The number of anilines is 5. The number of aromatic nitrogens is 2. The Morgan fingerprint density at radius 1 is 0.947 bits per heavy atom. The van der Waals surface area contributed by atoms with E-state index in [4.69, 9.17) is 15.2 Å². The second-order valence-corrected chi connectivity index (χ2v) is 8.39. The van der Waals surface area contributed by atoms with Crippen LogP contribution in [0.4, 0.5) is 33.5 Å². The molecular weight excluding hydrogens is 484 g/mol. The molecule has 0 spiro atoms. The number of rotatable bonds is 12. The second kappa shape index (κ2) is 12.9. The molecule has 0 bridgehead atoms. The molecule has 0 aliphatic rings. The Morgan fingerprint density at radius 3 is 2.21 bits per heavy atom. The van der Waals surface area contributed by atoms with Crippen molar-refractivity contribution in [2.45, 2.75) is 13.1 Å². The van der Waals surface area contributed by atoms with Gasteiger partial charge in [-0.2, -0.15) is 0 Å². The van der Waals surface area contributed by atoms with E-state index in [1.54, 1.807) is 25.3 Å². The molecule has 5 N–H and O–H groups in total. The largest absolute Gasteiger partial charge is 0.489 e. The number of ether oxygens (including phenoxy) is 2. The van der Waals surface area contributed by atoms with Gasteiger partial charge < -0.3 is 30.5 Å². The minimum atomic E-state index is -1.21. The smallest absolute Gasteiger partial charge is 0.409 e. The molecule has 0 atom stereocenters. The number of nitrogens with two attached hydrogens (primary N) is 1. The molecule has 10 heteroatoms. The highest BCUT2D eigenvalue weighted by atomic mass is 16.5. The lowest BCUT2D eigenvalue weighted by Gasteiger charge is -2.26. The molecule has 0 saturated carbocycles. The molecule has 3 aromatic carbocycles. The molecule has 38 heavy (non-hydrogen) atoms. The highest BCUT2D eigenvalue weighted by molar-refractivity contribution is 5.87. The number of nitrogens with zero attached hydrogens (tertiary/aromatic N) is 3. The van der Waals surface area contributed by atoms with Crippen molar-refractivity contribution >= 4 is 34.8 Å². The van der Waals surface area contributed by atoms with Gasteiger partial charge in [-0.1, -0.05) is 60.7 Å². The van der Waals surface area contributed by atoms with E-state index in [1.165, 1.54) is 6.33 Å². The van der Waals surface area contributed by atoms with Crippen LogP contribution in [-0.2, 0) is 17.8 Å². The van der Waals surface area contributed by atoms with Crippen LogP contribution in [0.1, 0.15) is 11.1 Å². The molecule has 4 aromatic rings. The van der Waals surface area contributed by atoms with Gasteiger partial charge in [0.2, 0.25) is 0 Å². The predicted molar refractivity (Wildman–Crippen MR) is 148 cm³/mol. The van der Waals surface area contributed by atoms with Gasteiger partial charge in [0.1, 0.15) is 24.4 Å². The standard InChI is InChI=1S/C28H30N6O4/c1-37-14-15-38-24-13-12-22(16-23(24)33-28(35)36)32-26-25(29)27(31-19-30-26)34(17-20-8-4-2-5-9-20)18-21-10-6-3-7-11-21/h2-13,16,19,33H,14-15,17-18,29H2,1H3,(H,35,36)(H,30,31,32). The first-order valence-electron chi connectivity index (χ1n) is 12.0. The van der Waals surface area contributed by atoms with Gasteiger partial charge in [0, 0.05) is 25.9 Å². The van der Waals surface area contributed by atoms with Crippen LogP contribution in [0.2, 0.25) is 0 Å². The number of nitrogen functional groups attached to an aromatic ring is 1. The van der Waals surface area contributed by atoms with Gasteiger partial charge in [0.15, 0.2) is 11.6 Å². The summed E-state index contributed by atoms with van der Waals surface area (Å²) in [6, 6.07) is 25.2. The third kappa shape index (κ3) is 7.11. The number of hydrogen-bond donors (Lipinski definition) is 4. The van der Waals surface area contributed by atoms with Crippen molar-refractivity contribution < 1.29 is 19.4 Å². The topological polar surface area (TPSA) is 135 Å². The number of methoxy groups -OCH3 is 1. The maximum absolute atomic E-state index is 11.3. The average Bonchev–Trinajstić information content (AvgIpc) is 2.92. The van der Waals surface area contributed by atoms with E-state index in [-0.39, 0.29) is 12.3 Å². The molecule has 0 unspecified atom stereocenters. The van der Waals surface area contributed by atoms with E-state index in [9.17, 15) is 9.90 Å². The zero-order valence-electron chi connectivity index (χ0n) is 21.0. The summed E-state index contributed by atoms with van der Waals surface area (Å²) in [6.45, 7) is 1.83. The average molecular weight is 515 g/mol. The Hall–Kier alpha value is -4.83. The van der Waals surface area contributed by atoms with Crippen molar-refractivity contribution in [3.8, 4) is 5.75 Å². The molecule has 0 aliphatic heterocycles. The van der Waals surface area contributed by atoms with Gasteiger partial charge in [-0.25, -0.2) is 14.8 Å². The SMILES string of the molecule is COCCOc1ccc(Nc2ncnc(N(Cc3ccccc3)Cc3ccccc3)c2N)cc1NC(=O)O. The predicted octanol–water partition coefficient (Wildman–Crippen LogP) is 5.12. The fourth-order valence-electron chi connectivity index (χ4n) is 3.87. The quantitative estimate of drug-likeness (QED) is 0.190. The molecule has 4 rings (SSSR count). The lowest BCUT2D eigenvalue weighted by Crippen LogP contribution is -2.24. The van der Waals surface area contributed by atoms with E-state index in [1.807, 2.05) is 36.4 Å². The first-order chi connectivity index (χ1) is 18.5. The van der Waals surface area contributed by atoms with Crippen molar-refractivity contribution in [2.75, 3.05) is 41.6 Å². The maximum Gasteiger partial charge on any atom is 0.409 e. The molecular formula is C28H30N6O4. The van der Waals surface area contributed by atoms with Gasteiger partial charge in [-0.3, -0.25) is 5.32 Å². The van der Waals surface area contributed by atoms with Crippen LogP contribution in [0, 0.1) is 0 Å². The fourth-order valence-corrected chi connectivity index (χ4v) is 3.87. The molecule has 0 fully saturated rings. The lowest BCUT2D eigenvalue weighted by atomic mass is 10.1. The maximum atomic E-state index is 11.3. The van der Waals surface area contributed by atoms with Crippen molar-refractivity contribution in [1.82, 2.24) is 9.97 Å². The molecule has 0 saturated heterocycles. The molecule has 1 aromatic heterocycles. The summed E-state index contributed by atoms with van der Waals surface area (Å²) in [6.07, 6.45) is 0.246. The van der Waals surface area contributed by atoms with E-state index in [0.29, 0.717) is 48.5 Å². The Morgan fingerprint density at radius 2 is 1.61 bits per heavy atom. The fraction of sp³-hybridized carbons (Fsp3) is 0.179. The number of hydrogen-bond acceptors (Lipinski definition) is 8.